The third-order valence-corrected chi connectivity index (χ3v) is 1.70. The maximum atomic E-state index is 11.1. The molecule has 0 saturated heterocycles. The second-order valence-electron chi connectivity index (χ2n) is 2.71. The Kier molecular flexibility index (Phi) is 2.45. The Morgan fingerprint density at radius 3 is 2.92 bits per heavy atom. The number of hydrogen-bond donors (Lipinski definition) is 2. The number of nitrogens with two attached hydrogens (primary N) is 1. The van der Waals surface area contributed by atoms with Gasteiger partial charge in [-0.05, 0) is 18.6 Å². The average Bonchev–Trinajstić information content (AvgIpc) is 2.05. The van der Waals surface area contributed by atoms with E-state index in [9.17, 15) is 4.79 Å². The van der Waals surface area contributed by atoms with Gasteiger partial charge in [-0.15, -0.1) is 0 Å². The van der Waals surface area contributed by atoms with E-state index in [1.807, 2.05) is 6.92 Å². The van der Waals surface area contributed by atoms with E-state index in [0.29, 0.717) is 5.56 Å². The summed E-state index contributed by atoms with van der Waals surface area (Å²) in [7, 11) is 0. The van der Waals surface area contributed by atoms with Crippen LogP contribution in [0.2, 0.25) is 0 Å². The Morgan fingerprint density at radius 1 is 1.75 bits per heavy atom. The van der Waals surface area contributed by atoms with Crippen molar-refractivity contribution in [2.45, 2.75) is 13.0 Å². The molecule has 0 saturated carbocycles. The van der Waals surface area contributed by atoms with E-state index >= 15 is 0 Å². The van der Waals surface area contributed by atoms with Crippen LogP contribution in [0, 0.1) is 0 Å². The molecule has 1 aromatic rings. The number of pyridine rings is 1. The molecule has 0 amide bonds. The van der Waals surface area contributed by atoms with Gasteiger partial charge in [0.15, 0.2) is 0 Å². The monoisotopic (exact) mass is 164 g/mol. The zero-order valence-electron chi connectivity index (χ0n) is 7.00. The van der Waals surface area contributed by atoms with E-state index in [4.69, 9.17) is 5.73 Å². The molecule has 1 atom stereocenters. The zero-order valence-corrected chi connectivity index (χ0v) is 7.00. The van der Waals surface area contributed by atoms with Crippen molar-refractivity contribution >= 4 is 6.08 Å². The largest absolute Gasteiger partial charge is 0.328 e. The molecule has 0 aliphatic rings. The third-order valence-electron chi connectivity index (χ3n) is 1.70. The molecule has 1 aromatic heterocycles. The van der Waals surface area contributed by atoms with Crippen molar-refractivity contribution in [3.8, 4) is 0 Å². The summed E-state index contributed by atoms with van der Waals surface area (Å²) in [6.07, 6.45) is 3.14. The molecular weight excluding hydrogens is 152 g/mol. The van der Waals surface area contributed by atoms with Gasteiger partial charge in [0.05, 0.1) is 0 Å². The van der Waals surface area contributed by atoms with Gasteiger partial charge in [-0.2, -0.15) is 0 Å². The van der Waals surface area contributed by atoms with E-state index in [1.165, 1.54) is 6.08 Å². The molecule has 0 aliphatic heterocycles. The van der Waals surface area contributed by atoms with E-state index in [0.717, 1.165) is 5.56 Å². The fourth-order valence-corrected chi connectivity index (χ4v) is 0.934. The topological polar surface area (TPSA) is 58.9 Å². The Hall–Kier alpha value is -1.35. The Labute approximate surface area is 70.9 Å². The summed E-state index contributed by atoms with van der Waals surface area (Å²) < 4.78 is 0. The summed E-state index contributed by atoms with van der Waals surface area (Å²) in [6, 6.07) is 1.68. The lowest BCUT2D eigenvalue weighted by Crippen LogP contribution is -2.13. The minimum Gasteiger partial charge on any atom is -0.328 e. The molecule has 0 bridgehead atoms. The summed E-state index contributed by atoms with van der Waals surface area (Å²) in [5, 5.41) is 0. The van der Waals surface area contributed by atoms with Gasteiger partial charge in [0.2, 0.25) is 0 Å². The van der Waals surface area contributed by atoms with Crippen LogP contribution in [0.3, 0.4) is 0 Å². The van der Waals surface area contributed by atoms with Gasteiger partial charge >= 0.3 is 0 Å². The van der Waals surface area contributed by atoms with Crippen molar-refractivity contribution in [3.63, 3.8) is 0 Å². The number of aromatic amines is 1. The van der Waals surface area contributed by atoms with E-state index in [1.54, 1.807) is 12.3 Å². The molecular formula is C9H12N2O. The second-order valence-corrected chi connectivity index (χ2v) is 2.71. The predicted molar refractivity (Wildman–Crippen MR) is 49.8 cm³/mol. The minimum absolute atomic E-state index is 0.0689. The average molecular weight is 164 g/mol. The molecule has 3 nitrogen and oxygen atoms in total. The number of rotatable bonds is 2. The first-order valence-electron chi connectivity index (χ1n) is 3.76. The first kappa shape index (κ1) is 8.74. The summed E-state index contributed by atoms with van der Waals surface area (Å²) in [6.45, 7) is 5.39. The first-order chi connectivity index (χ1) is 5.65. The SMILES string of the molecule is C=Cc1cc([C@@H](C)N)c[nH]c1=O. The molecule has 12 heavy (non-hydrogen) atoms. The molecule has 0 aliphatic carbocycles. The van der Waals surface area contributed by atoms with Gasteiger partial charge in [0, 0.05) is 17.8 Å². The van der Waals surface area contributed by atoms with Crippen molar-refractivity contribution < 1.29 is 0 Å². The highest BCUT2D eigenvalue weighted by Gasteiger charge is 2.01. The van der Waals surface area contributed by atoms with Gasteiger partial charge in [-0.3, -0.25) is 4.79 Å². The minimum atomic E-state index is -0.130. The van der Waals surface area contributed by atoms with Crippen LogP contribution in [-0.2, 0) is 0 Å². The standard InChI is InChI=1S/C9H12N2O/c1-3-7-4-8(6(2)10)5-11-9(7)12/h3-6H,1,10H2,2H3,(H,11,12)/t6-/m1/s1. The fourth-order valence-electron chi connectivity index (χ4n) is 0.934. The van der Waals surface area contributed by atoms with Crippen LogP contribution in [0.1, 0.15) is 24.1 Å². The Balaban J connectivity index is 3.23. The maximum Gasteiger partial charge on any atom is 0.255 e. The van der Waals surface area contributed by atoms with Crippen molar-refractivity contribution in [2.24, 2.45) is 5.73 Å². The summed E-state index contributed by atoms with van der Waals surface area (Å²) in [4.78, 5) is 13.7. The molecule has 1 rings (SSSR count). The normalized spacial score (nSPS) is 12.5. The molecule has 64 valence electrons. The lowest BCUT2D eigenvalue weighted by atomic mass is 10.1. The summed E-state index contributed by atoms with van der Waals surface area (Å²) in [5.74, 6) is 0. The number of aromatic nitrogens is 1. The molecule has 0 unspecified atom stereocenters. The highest BCUT2D eigenvalue weighted by molar-refractivity contribution is 5.46. The molecule has 0 radical (unpaired) electrons. The molecule has 0 spiro atoms. The van der Waals surface area contributed by atoms with Gasteiger partial charge in [-0.1, -0.05) is 12.7 Å². The zero-order chi connectivity index (χ0) is 9.14. The highest BCUT2D eigenvalue weighted by atomic mass is 16.1. The third kappa shape index (κ3) is 1.62. The van der Waals surface area contributed by atoms with Crippen LogP contribution in [0.15, 0.2) is 23.6 Å². The first-order valence-corrected chi connectivity index (χ1v) is 3.76. The molecule has 0 aromatic carbocycles. The second kappa shape index (κ2) is 3.36. The van der Waals surface area contributed by atoms with Crippen LogP contribution in [-0.4, -0.2) is 4.98 Å². The van der Waals surface area contributed by atoms with E-state index < -0.39 is 0 Å². The van der Waals surface area contributed by atoms with Gasteiger partial charge in [0.25, 0.3) is 5.56 Å². The fraction of sp³-hybridized carbons (Fsp3) is 0.222. The maximum absolute atomic E-state index is 11.1. The molecule has 3 heteroatoms. The van der Waals surface area contributed by atoms with E-state index in [-0.39, 0.29) is 11.6 Å². The lowest BCUT2D eigenvalue weighted by molar-refractivity contribution is 0.809. The van der Waals surface area contributed by atoms with Crippen LogP contribution in [0.4, 0.5) is 0 Å². The quantitative estimate of drug-likeness (QED) is 0.686. The van der Waals surface area contributed by atoms with Crippen molar-refractivity contribution in [1.82, 2.24) is 4.98 Å². The Morgan fingerprint density at radius 2 is 2.42 bits per heavy atom. The van der Waals surface area contributed by atoms with Crippen molar-refractivity contribution in [1.29, 1.82) is 0 Å². The van der Waals surface area contributed by atoms with Crippen LogP contribution in [0.5, 0.6) is 0 Å². The van der Waals surface area contributed by atoms with Crippen LogP contribution >= 0.6 is 0 Å². The Bertz CT molecular complexity index is 339. The van der Waals surface area contributed by atoms with Gasteiger partial charge < -0.3 is 10.7 Å². The summed E-state index contributed by atoms with van der Waals surface area (Å²) >= 11 is 0. The molecule has 3 N–H and O–H groups in total. The smallest absolute Gasteiger partial charge is 0.255 e. The van der Waals surface area contributed by atoms with Crippen LogP contribution in [0.25, 0.3) is 6.08 Å². The number of hydrogen-bond acceptors (Lipinski definition) is 2. The van der Waals surface area contributed by atoms with E-state index in [2.05, 4.69) is 11.6 Å². The van der Waals surface area contributed by atoms with Crippen molar-refractivity contribution in [3.05, 3.63) is 40.3 Å². The number of H-pyrrole nitrogens is 1. The molecule has 1 heterocycles. The lowest BCUT2D eigenvalue weighted by Gasteiger charge is -2.04. The molecule has 0 fully saturated rings. The summed E-state index contributed by atoms with van der Waals surface area (Å²) in [5.41, 5.74) is 6.97. The highest BCUT2D eigenvalue weighted by Crippen LogP contribution is 2.07. The predicted octanol–water partition coefficient (Wildman–Crippen LogP) is 1.04. The number of nitrogens with one attached hydrogen (secondary N) is 1. The van der Waals surface area contributed by atoms with Crippen molar-refractivity contribution in [2.75, 3.05) is 0 Å². The van der Waals surface area contributed by atoms with Crippen LogP contribution < -0.4 is 11.3 Å². The van der Waals surface area contributed by atoms with Gasteiger partial charge in [-0.25, -0.2) is 0 Å². The van der Waals surface area contributed by atoms with Gasteiger partial charge in [0.1, 0.15) is 0 Å².